The first-order chi connectivity index (χ1) is 13.8. The molecule has 2 aromatic rings. The van der Waals surface area contributed by atoms with Crippen molar-refractivity contribution in [3.8, 4) is 11.5 Å². The molecule has 0 radical (unpaired) electrons. The fraction of sp³-hybridized carbons (Fsp3) is 0.211. The van der Waals surface area contributed by atoms with E-state index in [0.29, 0.717) is 17.1 Å². The number of hydrogen-bond donors (Lipinski definition) is 1. The topological polar surface area (TPSA) is 128 Å². The van der Waals surface area contributed by atoms with Crippen LogP contribution in [0.4, 0.5) is 10.5 Å². The molecule has 3 amide bonds. The van der Waals surface area contributed by atoms with Gasteiger partial charge in [0.25, 0.3) is 11.6 Å². The smallest absolute Gasteiger partial charge is 0.325 e. The van der Waals surface area contributed by atoms with Gasteiger partial charge in [0.1, 0.15) is 5.54 Å². The molecule has 0 bridgehead atoms. The summed E-state index contributed by atoms with van der Waals surface area (Å²) in [5.41, 5.74) is -0.913. The van der Waals surface area contributed by atoms with Gasteiger partial charge in [0.2, 0.25) is 6.79 Å². The highest BCUT2D eigenvalue weighted by atomic mass is 16.7. The van der Waals surface area contributed by atoms with Crippen molar-refractivity contribution in [2.24, 2.45) is 0 Å². The van der Waals surface area contributed by atoms with Crippen molar-refractivity contribution in [1.29, 1.82) is 0 Å². The zero-order valence-electron chi connectivity index (χ0n) is 15.2. The van der Waals surface area contributed by atoms with Gasteiger partial charge in [-0.25, -0.2) is 4.79 Å². The van der Waals surface area contributed by atoms with Gasteiger partial charge < -0.3 is 14.8 Å². The highest BCUT2D eigenvalue weighted by Crippen LogP contribution is 2.33. The van der Waals surface area contributed by atoms with Crippen LogP contribution in [0.5, 0.6) is 11.5 Å². The van der Waals surface area contributed by atoms with E-state index in [-0.39, 0.29) is 18.0 Å². The molecule has 2 aliphatic heterocycles. The predicted molar refractivity (Wildman–Crippen MR) is 97.6 cm³/mol. The molecule has 148 valence electrons. The van der Waals surface area contributed by atoms with Gasteiger partial charge in [0.15, 0.2) is 17.3 Å². The third-order valence-corrected chi connectivity index (χ3v) is 4.93. The van der Waals surface area contributed by atoms with Gasteiger partial charge in [-0.15, -0.1) is 0 Å². The Morgan fingerprint density at radius 3 is 2.55 bits per heavy atom. The zero-order chi connectivity index (χ0) is 20.8. The molecule has 0 aliphatic carbocycles. The first-order valence-corrected chi connectivity index (χ1v) is 8.61. The van der Waals surface area contributed by atoms with E-state index in [4.69, 9.17) is 9.47 Å². The Bertz CT molecular complexity index is 1050. The molecular weight excluding hydrogens is 382 g/mol. The van der Waals surface area contributed by atoms with E-state index in [9.17, 15) is 24.5 Å². The molecule has 2 aliphatic rings. The second-order valence-corrected chi connectivity index (χ2v) is 6.74. The van der Waals surface area contributed by atoms with Crippen LogP contribution < -0.4 is 14.8 Å². The number of fused-ring (bicyclic) bond motifs is 1. The van der Waals surface area contributed by atoms with Crippen molar-refractivity contribution in [2.75, 3.05) is 13.3 Å². The van der Waals surface area contributed by atoms with Gasteiger partial charge in [0.05, 0.1) is 11.5 Å². The lowest BCUT2D eigenvalue weighted by Crippen LogP contribution is -2.41. The van der Waals surface area contributed by atoms with Crippen molar-refractivity contribution in [3.63, 3.8) is 0 Å². The minimum atomic E-state index is -1.43. The number of benzene rings is 2. The van der Waals surface area contributed by atoms with Crippen molar-refractivity contribution < 1.29 is 28.8 Å². The number of non-ortho nitro benzene ring substituents is 1. The summed E-state index contributed by atoms with van der Waals surface area (Å²) in [4.78, 5) is 49.0. The van der Waals surface area contributed by atoms with Gasteiger partial charge in [-0.1, -0.05) is 0 Å². The molecule has 4 rings (SSSR count). The second kappa shape index (κ2) is 6.59. The fourth-order valence-corrected chi connectivity index (χ4v) is 3.26. The summed E-state index contributed by atoms with van der Waals surface area (Å²) in [5.74, 6) is -0.128. The van der Waals surface area contributed by atoms with E-state index in [1.807, 2.05) is 0 Å². The number of hydrogen-bond acceptors (Lipinski definition) is 7. The number of carbonyl (C=O) groups is 3. The Morgan fingerprint density at radius 2 is 1.86 bits per heavy atom. The molecule has 0 unspecified atom stereocenters. The number of nitrogens with one attached hydrogen (secondary N) is 1. The summed E-state index contributed by atoms with van der Waals surface area (Å²) in [7, 11) is 0. The van der Waals surface area contributed by atoms with Gasteiger partial charge in [-0.05, 0) is 42.8 Å². The van der Waals surface area contributed by atoms with Crippen LogP contribution in [0.3, 0.4) is 0 Å². The Morgan fingerprint density at radius 1 is 1.17 bits per heavy atom. The van der Waals surface area contributed by atoms with Crippen LogP contribution in [0.15, 0.2) is 42.5 Å². The number of ether oxygens (including phenoxy) is 2. The molecule has 2 aromatic carbocycles. The van der Waals surface area contributed by atoms with Crippen LogP contribution in [0.25, 0.3) is 0 Å². The molecular formula is C19H15N3O7. The Labute approximate surface area is 164 Å². The molecule has 1 saturated heterocycles. The monoisotopic (exact) mass is 397 g/mol. The normalized spacial score (nSPS) is 20.0. The lowest BCUT2D eigenvalue weighted by Gasteiger charge is -2.22. The maximum Gasteiger partial charge on any atom is 0.325 e. The van der Waals surface area contributed by atoms with Crippen LogP contribution in [0.2, 0.25) is 0 Å². The number of imide groups is 1. The number of amides is 3. The summed E-state index contributed by atoms with van der Waals surface area (Å²) in [5, 5.41) is 13.4. The minimum absolute atomic E-state index is 0.0631. The summed E-state index contributed by atoms with van der Waals surface area (Å²) in [6, 6.07) is 9.20. The van der Waals surface area contributed by atoms with E-state index < -0.39 is 34.7 Å². The van der Waals surface area contributed by atoms with Gasteiger partial charge in [-0.3, -0.25) is 24.6 Å². The molecule has 10 heteroatoms. The van der Waals surface area contributed by atoms with Crippen molar-refractivity contribution in [1.82, 2.24) is 10.2 Å². The van der Waals surface area contributed by atoms with Crippen LogP contribution in [0, 0.1) is 10.1 Å². The predicted octanol–water partition coefficient (Wildman–Crippen LogP) is 1.97. The maximum atomic E-state index is 12.9. The second-order valence-electron chi connectivity index (χ2n) is 6.74. The molecule has 1 N–H and O–H groups in total. The van der Waals surface area contributed by atoms with E-state index in [2.05, 4.69) is 5.32 Å². The van der Waals surface area contributed by atoms with Gasteiger partial charge >= 0.3 is 6.03 Å². The SMILES string of the molecule is C[C@]1(c2ccc([N+](=O)[O-])cc2)NC(=O)N(CC(=O)c2ccc3c(c2)OCO3)C1=O. The van der Waals surface area contributed by atoms with Crippen molar-refractivity contribution in [3.05, 3.63) is 63.7 Å². The number of ketones is 1. The summed E-state index contributed by atoms with van der Waals surface area (Å²) in [6.45, 7) is 1.10. The first-order valence-electron chi connectivity index (χ1n) is 8.61. The van der Waals surface area contributed by atoms with Crippen molar-refractivity contribution >= 4 is 23.4 Å². The Balaban J connectivity index is 1.54. The van der Waals surface area contributed by atoms with E-state index in [0.717, 1.165) is 4.90 Å². The molecule has 0 saturated carbocycles. The lowest BCUT2D eigenvalue weighted by atomic mass is 9.92. The standard InChI is InChI=1S/C19H15N3O7/c1-19(12-3-5-13(6-4-12)22(26)27)17(24)21(18(25)20-19)9-14(23)11-2-7-15-16(8-11)29-10-28-15/h2-8H,9-10H2,1H3,(H,20,25)/t19-/m1/s1. The molecule has 0 spiro atoms. The Hall–Kier alpha value is -3.95. The summed E-state index contributed by atoms with van der Waals surface area (Å²) < 4.78 is 10.4. The average Bonchev–Trinajstić information content (AvgIpc) is 3.26. The number of carbonyl (C=O) groups excluding carboxylic acids is 3. The van der Waals surface area contributed by atoms with Gasteiger partial charge in [0, 0.05) is 17.7 Å². The molecule has 29 heavy (non-hydrogen) atoms. The largest absolute Gasteiger partial charge is 0.454 e. The lowest BCUT2D eigenvalue weighted by molar-refractivity contribution is -0.384. The highest BCUT2D eigenvalue weighted by molar-refractivity contribution is 6.11. The quantitative estimate of drug-likeness (QED) is 0.353. The first kappa shape index (κ1) is 18.4. The van der Waals surface area contributed by atoms with Crippen LogP contribution in [-0.2, 0) is 10.3 Å². The van der Waals surface area contributed by atoms with Crippen LogP contribution in [-0.4, -0.2) is 40.9 Å². The molecule has 2 heterocycles. The number of nitro benzene ring substituents is 1. The molecule has 1 fully saturated rings. The summed E-state index contributed by atoms with van der Waals surface area (Å²) >= 11 is 0. The van der Waals surface area contributed by atoms with Crippen LogP contribution >= 0.6 is 0 Å². The molecule has 1 atom stereocenters. The minimum Gasteiger partial charge on any atom is -0.454 e. The van der Waals surface area contributed by atoms with Gasteiger partial charge in [-0.2, -0.15) is 0 Å². The number of rotatable bonds is 5. The van der Waals surface area contributed by atoms with E-state index in [1.165, 1.54) is 43.3 Å². The number of nitro groups is 1. The summed E-state index contributed by atoms with van der Waals surface area (Å²) in [6.07, 6.45) is 0. The average molecular weight is 397 g/mol. The highest BCUT2D eigenvalue weighted by Gasteiger charge is 2.49. The van der Waals surface area contributed by atoms with E-state index in [1.54, 1.807) is 6.07 Å². The number of Topliss-reactive ketones (excluding diaryl/α,β-unsaturated/α-hetero) is 1. The van der Waals surface area contributed by atoms with Crippen LogP contribution in [0.1, 0.15) is 22.8 Å². The third kappa shape index (κ3) is 3.04. The Kier molecular flexibility index (Phi) is 4.18. The molecule has 0 aromatic heterocycles. The maximum absolute atomic E-state index is 12.9. The number of nitrogens with zero attached hydrogens (tertiary/aromatic N) is 2. The zero-order valence-corrected chi connectivity index (χ0v) is 15.2. The number of urea groups is 1. The third-order valence-electron chi connectivity index (χ3n) is 4.93. The fourth-order valence-electron chi connectivity index (χ4n) is 3.26. The van der Waals surface area contributed by atoms with Crippen molar-refractivity contribution in [2.45, 2.75) is 12.5 Å². The molecule has 10 nitrogen and oxygen atoms in total. The van der Waals surface area contributed by atoms with E-state index >= 15 is 0 Å².